The number of ether oxygens (including phenoxy) is 1. The number of piperazine rings is 1. The summed E-state index contributed by atoms with van der Waals surface area (Å²) in [5.74, 6) is 0.626. The first-order chi connectivity index (χ1) is 14.1. The molecule has 0 radical (unpaired) electrons. The van der Waals surface area contributed by atoms with E-state index in [-0.39, 0.29) is 5.91 Å². The molecule has 1 saturated heterocycles. The van der Waals surface area contributed by atoms with Crippen molar-refractivity contribution in [2.45, 2.75) is 26.7 Å². The van der Waals surface area contributed by atoms with Crippen LogP contribution in [0.2, 0.25) is 0 Å². The summed E-state index contributed by atoms with van der Waals surface area (Å²) >= 11 is 0. The number of nitrogens with two attached hydrogens (primary N) is 1. The molecular formula is C23H32N4O2. The Balaban J connectivity index is 1.58. The van der Waals surface area contributed by atoms with E-state index in [1.165, 1.54) is 0 Å². The molecule has 6 nitrogen and oxygen atoms in total. The van der Waals surface area contributed by atoms with Crippen molar-refractivity contribution >= 4 is 23.0 Å². The van der Waals surface area contributed by atoms with E-state index < -0.39 is 0 Å². The van der Waals surface area contributed by atoms with Gasteiger partial charge in [-0.3, -0.25) is 4.79 Å². The average Bonchev–Trinajstić information content (AvgIpc) is 2.75. The van der Waals surface area contributed by atoms with E-state index in [0.29, 0.717) is 23.5 Å². The standard InChI is InChI=1S/C23H32N4O2/c1-3-5-16-29-20-9-6-18(7-10-20)23(28)25-19-8-11-22(21(24)17-19)27-14-12-26(4-2)13-15-27/h6-11,17H,3-5,12-16,24H2,1-2H3,(H,25,28). The number of benzene rings is 2. The van der Waals surface area contributed by atoms with Gasteiger partial charge in [0.15, 0.2) is 0 Å². The van der Waals surface area contributed by atoms with Gasteiger partial charge >= 0.3 is 0 Å². The van der Waals surface area contributed by atoms with E-state index in [0.717, 1.165) is 57.0 Å². The van der Waals surface area contributed by atoms with E-state index in [1.54, 1.807) is 12.1 Å². The summed E-state index contributed by atoms with van der Waals surface area (Å²) in [6, 6.07) is 13.0. The maximum absolute atomic E-state index is 12.5. The van der Waals surface area contributed by atoms with Crippen LogP contribution in [-0.4, -0.2) is 50.1 Å². The van der Waals surface area contributed by atoms with Gasteiger partial charge < -0.3 is 25.6 Å². The Morgan fingerprint density at radius 1 is 1.07 bits per heavy atom. The van der Waals surface area contributed by atoms with Crippen LogP contribution in [0.4, 0.5) is 17.1 Å². The third-order valence-electron chi connectivity index (χ3n) is 5.33. The van der Waals surface area contributed by atoms with Gasteiger partial charge in [-0.25, -0.2) is 0 Å². The molecule has 1 fully saturated rings. The molecular weight excluding hydrogens is 364 g/mol. The molecule has 1 amide bonds. The third kappa shape index (κ3) is 5.64. The second kappa shape index (κ2) is 10.2. The predicted octanol–water partition coefficient (Wildman–Crippen LogP) is 3.84. The van der Waals surface area contributed by atoms with Crippen LogP contribution in [0.3, 0.4) is 0 Å². The molecule has 0 aliphatic carbocycles. The summed E-state index contributed by atoms with van der Waals surface area (Å²) in [6.45, 7) is 10.1. The molecule has 29 heavy (non-hydrogen) atoms. The quantitative estimate of drug-likeness (QED) is 0.524. The number of carbonyl (C=O) groups excluding carboxylic acids is 1. The van der Waals surface area contributed by atoms with Crippen LogP contribution in [-0.2, 0) is 0 Å². The fourth-order valence-electron chi connectivity index (χ4n) is 3.47. The van der Waals surface area contributed by atoms with E-state index >= 15 is 0 Å². The van der Waals surface area contributed by atoms with Crippen molar-refractivity contribution in [2.24, 2.45) is 0 Å². The summed E-state index contributed by atoms with van der Waals surface area (Å²) in [4.78, 5) is 17.3. The van der Waals surface area contributed by atoms with Crippen LogP contribution in [0.25, 0.3) is 0 Å². The fourth-order valence-corrected chi connectivity index (χ4v) is 3.47. The molecule has 0 bridgehead atoms. The number of unbranched alkanes of at least 4 members (excludes halogenated alkanes) is 1. The van der Waals surface area contributed by atoms with Crippen molar-refractivity contribution < 1.29 is 9.53 Å². The Morgan fingerprint density at radius 2 is 1.79 bits per heavy atom. The van der Waals surface area contributed by atoms with Gasteiger partial charge in [-0.05, 0) is 55.4 Å². The van der Waals surface area contributed by atoms with Crippen molar-refractivity contribution in [1.29, 1.82) is 0 Å². The lowest BCUT2D eigenvalue weighted by Gasteiger charge is -2.36. The van der Waals surface area contributed by atoms with Gasteiger partial charge in [0.2, 0.25) is 0 Å². The molecule has 2 aromatic carbocycles. The summed E-state index contributed by atoms with van der Waals surface area (Å²) < 4.78 is 5.64. The van der Waals surface area contributed by atoms with E-state index in [4.69, 9.17) is 10.5 Å². The molecule has 0 atom stereocenters. The molecule has 3 N–H and O–H groups in total. The van der Waals surface area contributed by atoms with Gasteiger partial charge in [0.1, 0.15) is 5.75 Å². The Labute approximate surface area is 173 Å². The summed E-state index contributed by atoms with van der Waals surface area (Å²) in [6.07, 6.45) is 2.12. The maximum atomic E-state index is 12.5. The zero-order valence-corrected chi connectivity index (χ0v) is 17.5. The lowest BCUT2D eigenvalue weighted by molar-refractivity contribution is 0.102. The first-order valence-corrected chi connectivity index (χ1v) is 10.5. The normalized spacial score (nSPS) is 14.6. The highest BCUT2D eigenvalue weighted by atomic mass is 16.5. The highest BCUT2D eigenvalue weighted by Gasteiger charge is 2.18. The number of likely N-dealkylation sites (N-methyl/N-ethyl adjacent to an activating group) is 1. The lowest BCUT2D eigenvalue weighted by atomic mass is 10.1. The van der Waals surface area contributed by atoms with Crippen molar-refractivity contribution in [3.05, 3.63) is 48.0 Å². The first-order valence-electron chi connectivity index (χ1n) is 10.5. The second-order valence-corrected chi connectivity index (χ2v) is 7.38. The Kier molecular flexibility index (Phi) is 7.36. The second-order valence-electron chi connectivity index (χ2n) is 7.38. The van der Waals surface area contributed by atoms with Gasteiger partial charge in [0, 0.05) is 37.4 Å². The van der Waals surface area contributed by atoms with Crippen LogP contribution in [0.5, 0.6) is 5.75 Å². The average molecular weight is 397 g/mol. The van der Waals surface area contributed by atoms with Crippen molar-refractivity contribution in [3.8, 4) is 5.75 Å². The molecule has 3 rings (SSSR count). The largest absolute Gasteiger partial charge is 0.494 e. The maximum Gasteiger partial charge on any atom is 0.255 e. The highest BCUT2D eigenvalue weighted by Crippen LogP contribution is 2.28. The zero-order chi connectivity index (χ0) is 20.6. The van der Waals surface area contributed by atoms with Crippen molar-refractivity contribution in [2.75, 3.05) is 55.3 Å². The number of carbonyl (C=O) groups is 1. The molecule has 6 heteroatoms. The predicted molar refractivity (Wildman–Crippen MR) is 120 cm³/mol. The minimum atomic E-state index is -0.159. The number of nitrogens with one attached hydrogen (secondary N) is 1. The Morgan fingerprint density at radius 3 is 2.41 bits per heavy atom. The summed E-state index contributed by atoms with van der Waals surface area (Å²) in [5.41, 5.74) is 9.30. The first kappa shape index (κ1) is 21.0. The van der Waals surface area contributed by atoms with Gasteiger partial charge in [0.25, 0.3) is 5.91 Å². The van der Waals surface area contributed by atoms with Crippen LogP contribution < -0.4 is 20.7 Å². The number of anilines is 3. The third-order valence-corrected chi connectivity index (χ3v) is 5.33. The van der Waals surface area contributed by atoms with Crippen LogP contribution in [0.15, 0.2) is 42.5 Å². The van der Waals surface area contributed by atoms with Gasteiger partial charge in [-0.1, -0.05) is 20.3 Å². The fraction of sp³-hybridized carbons (Fsp3) is 0.435. The van der Waals surface area contributed by atoms with Gasteiger partial charge in [-0.2, -0.15) is 0 Å². The van der Waals surface area contributed by atoms with Crippen LogP contribution in [0.1, 0.15) is 37.0 Å². The minimum absolute atomic E-state index is 0.159. The molecule has 0 aromatic heterocycles. The molecule has 0 saturated carbocycles. The molecule has 0 unspecified atom stereocenters. The number of rotatable bonds is 8. The Hall–Kier alpha value is -2.73. The number of nitrogens with zero attached hydrogens (tertiary/aromatic N) is 2. The number of amides is 1. The molecule has 156 valence electrons. The number of hydrogen-bond donors (Lipinski definition) is 2. The SMILES string of the molecule is CCCCOc1ccc(C(=O)Nc2ccc(N3CCN(CC)CC3)c(N)c2)cc1. The lowest BCUT2D eigenvalue weighted by Crippen LogP contribution is -2.46. The number of nitrogen functional groups attached to an aromatic ring is 1. The Bertz CT molecular complexity index is 799. The molecule has 0 spiro atoms. The molecule has 2 aromatic rings. The molecule has 1 aliphatic rings. The summed E-state index contributed by atoms with van der Waals surface area (Å²) in [7, 11) is 0. The van der Waals surface area contributed by atoms with Crippen LogP contribution in [0, 0.1) is 0 Å². The number of hydrogen-bond acceptors (Lipinski definition) is 5. The monoisotopic (exact) mass is 396 g/mol. The van der Waals surface area contributed by atoms with Crippen LogP contribution >= 0.6 is 0 Å². The zero-order valence-electron chi connectivity index (χ0n) is 17.5. The minimum Gasteiger partial charge on any atom is -0.494 e. The molecule has 1 aliphatic heterocycles. The van der Waals surface area contributed by atoms with E-state index in [1.807, 2.05) is 30.3 Å². The van der Waals surface area contributed by atoms with E-state index in [2.05, 4.69) is 29.0 Å². The summed E-state index contributed by atoms with van der Waals surface area (Å²) in [5, 5.41) is 2.93. The van der Waals surface area contributed by atoms with Gasteiger partial charge in [-0.15, -0.1) is 0 Å². The van der Waals surface area contributed by atoms with E-state index in [9.17, 15) is 4.79 Å². The molecule has 1 heterocycles. The topological polar surface area (TPSA) is 70.8 Å². The van der Waals surface area contributed by atoms with Crippen molar-refractivity contribution in [1.82, 2.24) is 4.90 Å². The highest BCUT2D eigenvalue weighted by molar-refractivity contribution is 6.04. The smallest absolute Gasteiger partial charge is 0.255 e. The van der Waals surface area contributed by atoms with Gasteiger partial charge in [0.05, 0.1) is 18.0 Å². The van der Waals surface area contributed by atoms with Crippen molar-refractivity contribution in [3.63, 3.8) is 0 Å².